The molecule has 0 aliphatic carbocycles. The lowest BCUT2D eigenvalue weighted by Gasteiger charge is -2.26. The lowest BCUT2D eigenvalue weighted by molar-refractivity contribution is 0.0967. The highest BCUT2D eigenvalue weighted by Gasteiger charge is 2.42. The molecular formula is C32H34N3O5P. The Morgan fingerprint density at radius 3 is 2.32 bits per heavy atom. The van der Waals surface area contributed by atoms with Crippen molar-refractivity contribution in [1.29, 1.82) is 0 Å². The van der Waals surface area contributed by atoms with Gasteiger partial charge in [0.2, 0.25) is 0 Å². The highest BCUT2D eigenvalue weighted by molar-refractivity contribution is 7.55. The topological polar surface area (TPSA) is 102 Å². The minimum Gasteiger partial charge on any atom is -0.356 e. The molecule has 0 radical (unpaired) electrons. The van der Waals surface area contributed by atoms with Gasteiger partial charge in [-0.3, -0.25) is 14.2 Å². The fourth-order valence-corrected chi connectivity index (χ4v) is 6.90. The van der Waals surface area contributed by atoms with Crippen LogP contribution in [-0.4, -0.2) is 35.5 Å². The molecule has 9 heteroatoms. The van der Waals surface area contributed by atoms with Crippen LogP contribution in [0.5, 0.6) is 0 Å². The normalized spacial score (nSPS) is 12.2. The number of carbonyl (C=O) groups is 1. The quantitative estimate of drug-likeness (QED) is 0.120. The van der Waals surface area contributed by atoms with Crippen molar-refractivity contribution in [2.75, 3.05) is 24.7 Å². The molecule has 212 valence electrons. The van der Waals surface area contributed by atoms with Crippen LogP contribution >= 0.6 is 7.60 Å². The number of aromatic amines is 1. The van der Waals surface area contributed by atoms with Crippen LogP contribution in [0.3, 0.4) is 0 Å². The Morgan fingerprint density at radius 1 is 1.05 bits per heavy atom. The smallest absolute Gasteiger partial charge is 0.345 e. The van der Waals surface area contributed by atoms with Gasteiger partial charge < -0.3 is 18.9 Å². The molecule has 0 saturated carbocycles. The standard InChI is InChI=1S/C32H34N3O5P/c1-6-18-35(21-26-20-28-29(19-22(26)4)33-23(5)34-32(28)37)27-16-14-24(15-17-27)30(36)31(25-12-10-9-11-13-25)41(38,39-7-2)40-8-3/h1,9-17,19-20,31H,7-8,18,21H2,2-5H3,(H,33,34,37). The molecule has 41 heavy (non-hydrogen) atoms. The summed E-state index contributed by atoms with van der Waals surface area (Å²) in [6.45, 7) is 8.21. The number of hydrogen-bond acceptors (Lipinski definition) is 7. The maximum absolute atomic E-state index is 13.8. The summed E-state index contributed by atoms with van der Waals surface area (Å²) in [4.78, 5) is 35.6. The number of fused-ring (bicyclic) bond motifs is 1. The van der Waals surface area contributed by atoms with Gasteiger partial charge in [-0.25, -0.2) is 4.98 Å². The van der Waals surface area contributed by atoms with E-state index in [-0.39, 0.29) is 24.6 Å². The largest absolute Gasteiger partial charge is 0.356 e. The summed E-state index contributed by atoms with van der Waals surface area (Å²) in [6.07, 6.45) is 5.71. The molecule has 1 heterocycles. The SMILES string of the molecule is C#CCN(Cc1cc2c(=O)[nH]c(C)nc2cc1C)c1ccc(C(=O)C(c2ccccc2)P(=O)(OCC)OCC)cc1. The minimum absolute atomic E-state index is 0.142. The first-order chi connectivity index (χ1) is 19.7. The molecule has 1 unspecified atom stereocenters. The van der Waals surface area contributed by atoms with E-state index in [2.05, 4.69) is 15.9 Å². The molecule has 0 bridgehead atoms. The molecule has 1 aromatic heterocycles. The average molecular weight is 572 g/mol. The fourth-order valence-electron chi connectivity index (χ4n) is 4.83. The van der Waals surface area contributed by atoms with Gasteiger partial charge in [-0.2, -0.15) is 0 Å². The molecule has 4 rings (SSSR count). The van der Waals surface area contributed by atoms with Crippen LogP contribution in [0.25, 0.3) is 10.9 Å². The van der Waals surface area contributed by atoms with Crippen molar-refractivity contribution in [3.05, 3.63) is 105 Å². The summed E-state index contributed by atoms with van der Waals surface area (Å²) in [5, 5.41) is 0.512. The van der Waals surface area contributed by atoms with Gasteiger partial charge in [-0.05, 0) is 80.8 Å². The van der Waals surface area contributed by atoms with Crippen molar-refractivity contribution in [2.45, 2.75) is 39.9 Å². The third-order valence-corrected chi connectivity index (χ3v) is 9.14. The number of carbonyl (C=O) groups excluding carboxylic acids is 1. The maximum atomic E-state index is 13.8. The van der Waals surface area contributed by atoms with Crippen LogP contribution in [0.1, 0.15) is 52.4 Å². The van der Waals surface area contributed by atoms with Crippen LogP contribution in [0.15, 0.2) is 71.5 Å². The zero-order valence-electron chi connectivity index (χ0n) is 23.7. The van der Waals surface area contributed by atoms with E-state index >= 15 is 0 Å². The number of rotatable bonds is 12. The summed E-state index contributed by atoms with van der Waals surface area (Å²) < 4.78 is 25.0. The first-order valence-corrected chi connectivity index (χ1v) is 15.1. The molecule has 0 aliphatic rings. The van der Waals surface area contributed by atoms with E-state index in [1.54, 1.807) is 57.2 Å². The Labute approximate surface area is 240 Å². The number of hydrogen-bond donors (Lipinski definition) is 1. The van der Waals surface area contributed by atoms with E-state index in [4.69, 9.17) is 15.5 Å². The zero-order chi connectivity index (χ0) is 29.6. The molecule has 1 atom stereocenters. The first kappa shape index (κ1) is 30.0. The predicted octanol–water partition coefficient (Wildman–Crippen LogP) is 6.37. The van der Waals surface area contributed by atoms with E-state index in [0.29, 0.717) is 40.9 Å². The molecular weight excluding hydrogens is 537 g/mol. The van der Waals surface area contributed by atoms with Gasteiger partial charge in [0.15, 0.2) is 5.78 Å². The number of aromatic nitrogens is 2. The van der Waals surface area contributed by atoms with Crippen LogP contribution < -0.4 is 10.5 Å². The second-order valence-electron chi connectivity index (χ2n) is 9.61. The van der Waals surface area contributed by atoms with E-state index in [1.165, 1.54) is 0 Å². The summed E-state index contributed by atoms with van der Waals surface area (Å²) in [7, 11) is -3.81. The molecule has 0 amide bonds. The number of nitrogens with zero attached hydrogens (tertiary/aromatic N) is 2. The molecule has 0 saturated heterocycles. The zero-order valence-corrected chi connectivity index (χ0v) is 24.6. The second-order valence-corrected chi connectivity index (χ2v) is 11.7. The number of anilines is 1. The highest BCUT2D eigenvalue weighted by atomic mass is 31.2. The van der Waals surface area contributed by atoms with Gasteiger partial charge in [-0.15, -0.1) is 6.42 Å². The van der Waals surface area contributed by atoms with Gasteiger partial charge in [-0.1, -0.05) is 36.3 Å². The number of aryl methyl sites for hydroxylation is 2. The van der Waals surface area contributed by atoms with Crippen LogP contribution in [0, 0.1) is 26.2 Å². The van der Waals surface area contributed by atoms with Crippen LogP contribution in [0.2, 0.25) is 0 Å². The van der Waals surface area contributed by atoms with Crippen molar-refractivity contribution in [2.24, 2.45) is 0 Å². The predicted molar refractivity (Wildman–Crippen MR) is 163 cm³/mol. The molecule has 1 N–H and O–H groups in total. The van der Waals surface area contributed by atoms with Gasteiger partial charge in [0.1, 0.15) is 11.5 Å². The van der Waals surface area contributed by atoms with Crippen molar-refractivity contribution < 1.29 is 18.4 Å². The molecule has 0 spiro atoms. The maximum Gasteiger partial charge on any atom is 0.345 e. The fraction of sp³-hybridized carbons (Fsp3) is 0.281. The monoisotopic (exact) mass is 571 g/mol. The Bertz CT molecular complexity index is 1670. The lowest BCUT2D eigenvalue weighted by atomic mass is 10.0. The average Bonchev–Trinajstić information content (AvgIpc) is 2.94. The second kappa shape index (κ2) is 13.1. The summed E-state index contributed by atoms with van der Waals surface area (Å²) in [6, 6.07) is 19.7. The van der Waals surface area contributed by atoms with Crippen LogP contribution in [0.4, 0.5) is 5.69 Å². The van der Waals surface area contributed by atoms with Crippen molar-refractivity contribution >= 4 is 30.0 Å². The Morgan fingerprint density at radius 2 is 1.71 bits per heavy atom. The molecule has 8 nitrogen and oxygen atoms in total. The number of terminal acetylenes is 1. The number of nitrogens with one attached hydrogen (secondary N) is 1. The van der Waals surface area contributed by atoms with Gasteiger partial charge in [0.25, 0.3) is 5.56 Å². The number of benzene rings is 3. The highest BCUT2D eigenvalue weighted by Crippen LogP contribution is 2.62. The van der Waals surface area contributed by atoms with E-state index in [1.807, 2.05) is 42.2 Å². The molecule has 0 fully saturated rings. The minimum atomic E-state index is -3.81. The third-order valence-electron chi connectivity index (χ3n) is 6.74. The molecule has 0 aliphatic heterocycles. The number of H-pyrrole nitrogens is 1. The Balaban J connectivity index is 1.67. The molecule has 3 aromatic carbocycles. The first-order valence-electron chi connectivity index (χ1n) is 13.5. The summed E-state index contributed by atoms with van der Waals surface area (Å²) >= 11 is 0. The van der Waals surface area contributed by atoms with Gasteiger partial charge in [0.05, 0.1) is 30.7 Å². The van der Waals surface area contributed by atoms with E-state index in [0.717, 1.165) is 16.8 Å². The van der Waals surface area contributed by atoms with Crippen molar-refractivity contribution in [1.82, 2.24) is 9.97 Å². The lowest BCUT2D eigenvalue weighted by Crippen LogP contribution is -2.24. The number of ketones is 1. The Hall–Kier alpha value is -4.02. The van der Waals surface area contributed by atoms with E-state index in [9.17, 15) is 14.2 Å². The van der Waals surface area contributed by atoms with Crippen LogP contribution in [-0.2, 0) is 20.2 Å². The Kier molecular flexibility index (Phi) is 9.57. The van der Waals surface area contributed by atoms with Crippen molar-refractivity contribution in [3.63, 3.8) is 0 Å². The van der Waals surface area contributed by atoms with Crippen molar-refractivity contribution in [3.8, 4) is 12.3 Å². The van der Waals surface area contributed by atoms with Gasteiger partial charge >= 0.3 is 7.60 Å². The summed E-state index contributed by atoms with van der Waals surface area (Å²) in [5.74, 6) is 2.90. The summed E-state index contributed by atoms with van der Waals surface area (Å²) in [5.41, 5.74) is 2.99. The third kappa shape index (κ3) is 6.66. The van der Waals surface area contributed by atoms with Gasteiger partial charge in [0, 0.05) is 17.8 Å². The molecule has 4 aromatic rings. The van der Waals surface area contributed by atoms with E-state index < -0.39 is 13.3 Å². The number of Topliss-reactive ketones (excluding diaryl/α,β-unsaturated/α-hetero) is 1.